The van der Waals surface area contributed by atoms with Gasteiger partial charge in [-0.15, -0.1) is 0 Å². The first-order valence-electron chi connectivity index (χ1n) is 10.4. The number of amides is 2. The van der Waals surface area contributed by atoms with Gasteiger partial charge < -0.3 is 30.9 Å². The lowest BCUT2D eigenvalue weighted by Gasteiger charge is -2.12. The summed E-state index contributed by atoms with van der Waals surface area (Å²) in [7, 11) is 0. The van der Waals surface area contributed by atoms with Crippen molar-refractivity contribution >= 4 is 28.6 Å². The molecule has 0 radical (unpaired) electrons. The highest BCUT2D eigenvalue weighted by atomic mass is 16.5. The first-order chi connectivity index (χ1) is 16.4. The van der Waals surface area contributed by atoms with Crippen LogP contribution < -0.4 is 20.7 Å². The third-order valence-corrected chi connectivity index (χ3v) is 4.97. The maximum absolute atomic E-state index is 12.1. The quantitative estimate of drug-likeness (QED) is 0.267. The monoisotopic (exact) mass is 458 g/mol. The molecule has 4 rings (SSSR count). The topological polar surface area (TPSA) is 144 Å². The first kappa shape index (κ1) is 22.6. The Morgan fingerprint density at radius 2 is 1.85 bits per heavy atom. The number of nitrogens with zero attached hydrogens (tertiary/aromatic N) is 3. The summed E-state index contributed by atoms with van der Waals surface area (Å²) < 4.78 is 7.38. The molecule has 172 valence electrons. The van der Waals surface area contributed by atoms with Gasteiger partial charge in [-0.3, -0.25) is 0 Å². The molecule has 5 N–H and O–H groups in total. The largest absolute Gasteiger partial charge is 0.457 e. The zero-order chi connectivity index (χ0) is 24.1. The summed E-state index contributed by atoms with van der Waals surface area (Å²) in [6.07, 6.45) is 1.40. The molecular formula is C24H22N6O4. The average Bonchev–Trinajstić information content (AvgIpc) is 3.15. The van der Waals surface area contributed by atoms with Crippen LogP contribution in [0, 0.1) is 18.3 Å². The van der Waals surface area contributed by atoms with Gasteiger partial charge >= 0.3 is 6.03 Å². The summed E-state index contributed by atoms with van der Waals surface area (Å²) >= 11 is 0. The Hall–Kier alpha value is -4.59. The van der Waals surface area contributed by atoms with Crippen LogP contribution in [0.4, 0.5) is 21.9 Å². The number of nitrogens with one attached hydrogen (secondary N) is 3. The third-order valence-electron chi connectivity index (χ3n) is 4.97. The molecule has 2 aromatic heterocycles. The van der Waals surface area contributed by atoms with E-state index in [0.717, 1.165) is 11.4 Å². The molecule has 2 aromatic carbocycles. The minimum Gasteiger partial charge on any atom is -0.457 e. The van der Waals surface area contributed by atoms with Crippen LogP contribution in [0.15, 0.2) is 67.0 Å². The fraction of sp³-hybridized carbons (Fsp3) is 0.125. The molecule has 0 saturated carbocycles. The van der Waals surface area contributed by atoms with Gasteiger partial charge in [-0.05, 0) is 43.3 Å². The van der Waals surface area contributed by atoms with Gasteiger partial charge in [-0.1, -0.05) is 18.2 Å². The van der Waals surface area contributed by atoms with E-state index in [0.29, 0.717) is 33.8 Å². The van der Waals surface area contributed by atoms with Gasteiger partial charge in [-0.25, -0.2) is 9.31 Å². The number of para-hydroxylation sites is 1. The summed E-state index contributed by atoms with van der Waals surface area (Å²) in [4.78, 5) is 12.1. The molecule has 0 saturated heterocycles. The van der Waals surface area contributed by atoms with Crippen LogP contribution in [0.3, 0.4) is 0 Å². The van der Waals surface area contributed by atoms with E-state index >= 15 is 0 Å². The van der Waals surface area contributed by atoms with Crippen molar-refractivity contribution in [1.82, 2.24) is 14.9 Å². The maximum atomic E-state index is 12.1. The summed E-state index contributed by atoms with van der Waals surface area (Å²) in [6, 6.07) is 18.3. The number of hydrogen-bond donors (Lipinski definition) is 5. The molecule has 4 aromatic rings. The van der Waals surface area contributed by atoms with Gasteiger partial charge in [0.1, 0.15) is 17.6 Å². The first-order valence-corrected chi connectivity index (χ1v) is 10.4. The third kappa shape index (κ3) is 5.07. The van der Waals surface area contributed by atoms with Crippen LogP contribution in [0.2, 0.25) is 0 Å². The van der Waals surface area contributed by atoms with Crippen LogP contribution in [0.1, 0.15) is 11.1 Å². The Morgan fingerprint density at radius 1 is 1.15 bits per heavy atom. The number of carbonyl (C=O) groups is 1. The van der Waals surface area contributed by atoms with E-state index in [1.807, 2.05) is 54.6 Å². The average molecular weight is 458 g/mol. The van der Waals surface area contributed by atoms with Crippen LogP contribution in [0.25, 0.3) is 5.52 Å². The standard InChI is InChI=1S/C24H22N6O4/c1-15-20(29-24(33)26-13-21(31)32)14-30-23(15)22(16(11-25)12-27-30)28-17-7-9-19(10-8-17)34-18-5-3-2-4-6-18/h2-10,12,14,21,28,31-32H,13H2,1H3,(H2,26,29,33). The SMILES string of the molecule is Cc1c(NC(=O)NCC(O)O)cn2ncc(C#N)c(Nc3ccc(Oc4ccccc4)cc3)c12. The van der Waals surface area contributed by atoms with Crippen molar-refractivity contribution in [1.29, 1.82) is 5.26 Å². The van der Waals surface area contributed by atoms with E-state index in [9.17, 15) is 10.1 Å². The predicted octanol–water partition coefficient (Wildman–Crippen LogP) is 3.48. The van der Waals surface area contributed by atoms with Crippen molar-refractivity contribution in [2.75, 3.05) is 17.2 Å². The molecule has 10 heteroatoms. The number of benzene rings is 2. The molecule has 0 fully saturated rings. The highest BCUT2D eigenvalue weighted by Crippen LogP contribution is 2.33. The molecule has 2 heterocycles. The number of aryl methyl sites for hydroxylation is 1. The van der Waals surface area contributed by atoms with E-state index in [-0.39, 0.29) is 6.54 Å². The smallest absolute Gasteiger partial charge is 0.319 e. The fourth-order valence-electron chi connectivity index (χ4n) is 3.35. The highest BCUT2D eigenvalue weighted by molar-refractivity contribution is 5.94. The van der Waals surface area contributed by atoms with Crippen LogP contribution in [0.5, 0.6) is 11.5 Å². The summed E-state index contributed by atoms with van der Waals surface area (Å²) in [5.74, 6) is 1.40. The Labute approximate surface area is 195 Å². The van der Waals surface area contributed by atoms with E-state index in [4.69, 9.17) is 14.9 Å². The second-order valence-electron chi connectivity index (χ2n) is 7.39. The number of rotatable bonds is 7. The molecule has 2 amide bonds. The fourth-order valence-corrected chi connectivity index (χ4v) is 3.35. The summed E-state index contributed by atoms with van der Waals surface area (Å²) in [5.41, 5.74) is 3.35. The summed E-state index contributed by atoms with van der Waals surface area (Å²) in [6.45, 7) is 1.47. The molecule has 0 spiro atoms. The minimum atomic E-state index is -1.65. The number of aromatic nitrogens is 2. The lowest BCUT2D eigenvalue weighted by molar-refractivity contribution is -0.0350. The molecule has 0 aliphatic carbocycles. The van der Waals surface area contributed by atoms with Crippen molar-refractivity contribution < 1.29 is 19.7 Å². The number of aliphatic hydroxyl groups excluding tert-OH is 1. The second-order valence-corrected chi connectivity index (χ2v) is 7.39. The Bertz CT molecular complexity index is 1340. The molecule has 0 aliphatic rings. The van der Waals surface area contributed by atoms with Crippen LogP contribution >= 0.6 is 0 Å². The minimum absolute atomic E-state index is 0.314. The van der Waals surface area contributed by atoms with Crippen molar-refractivity contribution in [2.45, 2.75) is 13.2 Å². The number of aliphatic hydroxyl groups is 2. The van der Waals surface area contributed by atoms with Crippen molar-refractivity contribution in [3.8, 4) is 17.6 Å². The van der Waals surface area contributed by atoms with Gasteiger partial charge in [0.05, 0.1) is 41.4 Å². The van der Waals surface area contributed by atoms with Crippen LogP contribution in [-0.4, -0.2) is 38.7 Å². The van der Waals surface area contributed by atoms with Gasteiger partial charge in [0.2, 0.25) is 0 Å². The lowest BCUT2D eigenvalue weighted by Crippen LogP contribution is -2.35. The van der Waals surface area contributed by atoms with Gasteiger partial charge in [0, 0.05) is 11.3 Å². The molecule has 34 heavy (non-hydrogen) atoms. The number of fused-ring (bicyclic) bond motifs is 1. The van der Waals surface area contributed by atoms with Crippen molar-refractivity contribution in [2.24, 2.45) is 0 Å². The molecule has 0 aliphatic heterocycles. The molecule has 0 atom stereocenters. The Balaban J connectivity index is 1.59. The molecule has 0 bridgehead atoms. The number of ether oxygens (including phenoxy) is 1. The molecule has 0 unspecified atom stereocenters. The summed E-state index contributed by atoms with van der Waals surface area (Å²) in [5, 5.41) is 40.0. The van der Waals surface area contributed by atoms with Gasteiger partial charge in [0.25, 0.3) is 0 Å². The zero-order valence-corrected chi connectivity index (χ0v) is 18.2. The number of hydrogen-bond acceptors (Lipinski definition) is 7. The number of urea groups is 1. The predicted molar refractivity (Wildman–Crippen MR) is 126 cm³/mol. The van der Waals surface area contributed by atoms with Gasteiger partial charge in [-0.2, -0.15) is 10.4 Å². The number of anilines is 3. The second kappa shape index (κ2) is 9.91. The Kier molecular flexibility index (Phi) is 6.59. The highest BCUT2D eigenvalue weighted by Gasteiger charge is 2.17. The lowest BCUT2D eigenvalue weighted by atomic mass is 10.1. The van der Waals surface area contributed by atoms with Crippen molar-refractivity contribution in [3.05, 3.63) is 78.1 Å². The van der Waals surface area contributed by atoms with Gasteiger partial charge in [0.15, 0.2) is 6.29 Å². The van der Waals surface area contributed by atoms with E-state index in [1.54, 1.807) is 17.6 Å². The molecular weight excluding hydrogens is 436 g/mol. The Morgan fingerprint density at radius 3 is 2.53 bits per heavy atom. The van der Waals surface area contributed by atoms with E-state index in [2.05, 4.69) is 27.1 Å². The number of carbonyl (C=O) groups excluding carboxylic acids is 1. The normalized spacial score (nSPS) is 10.7. The van der Waals surface area contributed by atoms with Crippen molar-refractivity contribution in [3.63, 3.8) is 0 Å². The molecule has 10 nitrogen and oxygen atoms in total. The van der Waals surface area contributed by atoms with E-state index in [1.165, 1.54) is 6.20 Å². The zero-order valence-electron chi connectivity index (χ0n) is 18.2. The number of nitriles is 1. The van der Waals surface area contributed by atoms with Crippen LogP contribution in [-0.2, 0) is 0 Å². The maximum Gasteiger partial charge on any atom is 0.319 e. The van der Waals surface area contributed by atoms with E-state index < -0.39 is 12.3 Å².